The standard InChI is InChI=1S/C42H36N2O13S2/c1-27-13-17-31(18-14-27)43(58(49)50)23-33-21-35(45)37(53-25-29-9-5-3-6-10-29)39(55-33)41(47)57-42(48)40-38(54-26-30-11-7-4-8-12-30)36(46)22-34(56-40)24-44(59(51)52)32-19-15-28(2)16-20-32/h3-22H,23-26H2,1-2H3,(H,49,50)(H,51,52). The normalized spacial score (nSPS) is 11.9. The molecular weight excluding hydrogens is 805 g/mol. The molecule has 0 saturated carbocycles. The minimum absolute atomic E-state index is 0.215. The van der Waals surface area contributed by atoms with Crippen molar-refractivity contribution in [1.29, 1.82) is 0 Å². The van der Waals surface area contributed by atoms with E-state index in [1.54, 1.807) is 109 Å². The average Bonchev–Trinajstić information content (AvgIpc) is 3.22. The lowest BCUT2D eigenvalue weighted by molar-refractivity contribution is 0.0337. The number of carbonyl (C=O) groups is 2. The Balaban J connectivity index is 1.37. The van der Waals surface area contributed by atoms with E-state index < -0.39 is 81.4 Å². The lowest BCUT2D eigenvalue weighted by Crippen LogP contribution is -2.27. The fourth-order valence-electron chi connectivity index (χ4n) is 5.57. The third kappa shape index (κ3) is 10.8. The van der Waals surface area contributed by atoms with E-state index in [0.717, 1.165) is 31.9 Å². The summed E-state index contributed by atoms with van der Waals surface area (Å²) >= 11 is -5.24. The van der Waals surface area contributed by atoms with Crippen molar-refractivity contribution >= 4 is 45.8 Å². The van der Waals surface area contributed by atoms with Gasteiger partial charge in [-0.2, -0.15) is 0 Å². The fraction of sp³-hybridized carbons (Fsp3) is 0.143. The molecule has 0 spiro atoms. The van der Waals surface area contributed by atoms with Gasteiger partial charge >= 0.3 is 11.9 Å². The van der Waals surface area contributed by atoms with E-state index in [4.69, 9.17) is 23.0 Å². The zero-order valence-electron chi connectivity index (χ0n) is 31.5. The molecule has 2 N–H and O–H groups in total. The summed E-state index contributed by atoms with van der Waals surface area (Å²) < 4.78 is 75.3. The average molecular weight is 841 g/mol. The summed E-state index contributed by atoms with van der Waals surface area (Å²) in [6.07, 6.45) is 0. The maximum absolute atomic E-state index is 13.9. The third-order valence-corrected chi connectivity index (χ3v) is 9.97. The lowest BCUT2D eigenvalue weighted by Gasteiger charge is -2.20. The Labute approximate surface area is 342 Å². The summed E-state index contributed by atoms with van der Waals surface area (Å²) in [6.45, 7) is 2.24. The molecule has 0 aliphatic carbocycles. The maximum Gasteiger partial charge on any atom is 0.386 e. The monoisotopic (exact) mass is 840 g/mol. The van der Waals surface area contributed by atoms with Crippen molar-refractivity contribution in [2.45, 2.75) is 40.2 Å². The molecule has 0 aliphatic heterocycles. The maximum atomic E-state index is 13.9. The summed E-state index contributed by atoms with van der Waals surface area (Å²) in [5.74, 6) is -6.70. The van der Waals surface area contributed by atoms with Gasteiger partial charge in [-0.1, -0.05) is 96.1 Å². The van der Waals surface area contributed by atoms with Gasteiger partial charge in [-0.05, 0) is 49.2 Å². The topological polar surface area (TPSA) is 203 Å². The molecule has 2 unspecified atom stereocenters. The van der Waals surface area contributed by atoms with Gasteiger partial charge in [0.25, 0.3) is 34.1 Å². The van der Waals surface area contributed by atoms with Crippen molar-refractivity contribution in [3.05, 3.63) is 187 Å². The highest BCUT2D eigenvalue weighted by atomic mass is 32.2. The Kier molecular flexibility index (Phi) is 13.6. The predicted octanol–water partition coefficient (Wildman–Crippen LogP) is 6.65. The highest BCUT2D eigenvalue weighted by Crippen LogP contribution is 2.26. The van der Waals surface area contributed by atoms with Gasteiger partial charge in [0.05, 0.1) is 24.5 Å². The quantitative estimate of drug-likeness (QED) is 0.0596. The fourth-order valence-corrected chi connectivity index (χ4v) is 6.65. The zero-order valence-corrected chi connectivity index (χ0v) is 33.1. The Morgan fingerprint density at radius 1 is 0.576 bits per heavy atom. The molecule has 6 aromatic rings. The number of benzene rings is 4. The summed E-state index contributed by atoms with van der Waals surface area (Å²) in [4.78, 5) is 55.0. The highest BCUT2D eigenvalue weighted by molar-refractivity contribution is 7.81. The molecule has 15 nitrogen and oxygen atoms in total. The SMILES string of the molecule is Cc1ccc(N(Cc2cc(=O)c(OCc3ccccc3)c(C(=O)OC(=O)c3oc(CN(c4ccc(C)cc4)S(=O)O)cc(=O)c3OCc3ccccc3)o2)S(=O)O)cc1. The van der Waals surface area contributed by atoms with Crippen molar-refractivity contribution < 1.29 is 50.2 Å². The second-order valence-electron chi connectivity index (χ2n) is 12.9. The van der Waals surface area contributed by atoms with Gasteiger partial charge in [-0.15, -0.1) is 0 Å². The highest BCUT2D eigenvalue weighted by Gasteiger charge is 2.31. The van der Waals surface area contributed by atoms with Gasteiger partial charge < -0.3 is 23.0 Å². The molecule has 4 aromatic carbocycles. The summed E-state index contributed by atoms with van der Waals surface area (Å²) in [6, 6.07) is 32.3. The van der Waals surface area contributed by atoms with E-state index in [-0.39, 0.29) is 36.1 Å². The molecule has 0 radical (unpaired) electrons. The van der Waals surface area contributed by atoms with E-state index in [1.807, 2.05) is 13.8 Å². The van der Waals surface area contributed by atoms with E-state index in [9.17, 15) is 36.7 Å². The molecule has 304 valence electrons. The molecule has 0 amide bonds. The van der Waals surface area contributed by atoms with Crippen LogP contribution in [0.15, 0.2) is 140 Å². The smallest absolute Gasteiger partial charge is 0.386 e. The van der Waals surface area contributed by atoms with Crippen molar-refractivity contribution in [1.82, 2.24) is 0 Å². The Morgan fingerprint density at radius 3 is 1.27 bits per heavy atom. The van der Waals surface area contributed by atoms with Crippen molar-refractivity contribution in [2.75, 3.05) is 8.61 Å². The van der Waals surface area contributed by atoms with Gasteiger partial charge in [-0.25, -0.2) is 18.0 Å². The first-order valence-electron chi connectivity index (χ1n) is 17.7. The largest absolute Gasteiger partial charge is 0.481 e. The number of aryl methyl sites for hydroxylation is 2. The first-order chi connectivity index (χ1) is 28.4. The molecule has 59 heavy (non-hydrogen) atoms. The second kappa shape index (κ2) is 19.2. The number of ether oxygens (including phenoxy) is 3. The lowest BCUT2D eigenvalue weighted by atomic mass is 10.2. The number of anilines is 2. The number of hydrogen-bond donors (Lipinski definition) is 2. The van der Waals surface area contributed by atoms with Crippen LogP contribution >= 0.6 is 0 Å². The first kappa shape index (κ1) is 42.0. The number of esters is 2. The van der Waals surface area contributed by atoms with Crippen molar-refractivity contribution in [3.8, 4) is 11.5 Å². The van der Waals surface area contributed by atoms with E-state index in [0.29, 0.717) is 11.1 Å². The summed E-state index contributed by atoms with van der Waals surface area (Å²) in [5.41, 5.74) is 1.76. The minimum Gasteiger partial charge on any atom is -0.481 e. The van der Waals surface area contributed by atoms with Crippen LogP contribution in [0.25, 0.3) is 0 Å². The van der Waals surface area contributed by atoms with Gasteiger partial charge in [0.15, 0.2) is 0 Å². The molecule has 0 aliphatic rings. The van der Waals surface area contributed by atoms with Gasteiger partial charge in [0.2, 0.25) is 22.4 Å². The molecule has 17 heteroatoms. The van der Waals surface area contributed by atoms with E-state index in [1.165, 1.54) is 0 Å². The molecule has 0 fully saturated rings. The van der Waals surface area contributed by atoms with Gasteiger partial charge in [0.1, 0.15) is 24.7 Å². The van der Waals surface area contributed by atoms with Crippen LogP contribution in [-0.4, -0.2) is 29.5 Å². The molecule has 6 rings (SSSR count). The molecule has 2 heterocycles. The Hall–Kier alpha value is -6.66. The Bertz CT molecular complexity index is 2420. The van der Waals surface area contributed by atoms with Crippen LogP contribution in [0.2, 0.25) is 0 Å². The predicted molar refractivity (Wildman–Crippen MR) is 218 cm³/mol. The van der Waals surface area contributed by atoms with Crippen LogP contribution < -0.4 is 28.9 Å². The molecule has 0 saturated heterocycles. The number of rotatable bonds is 16. The summed E-state index contributed by atoms with van der Waals surface area (Å²) in [5, 5.41) is 0. The first-order valence-corrected chi connectivity index (χ1v) is 19.8. The zero-order chi connectivity index (χ0) is 42.1. The van der Waals surface area contributed by atoms with Crippen LogP contribution in [0, 0.1) is 13.8 Å². The van der Waals surface area contributed by atoms with E-state index >= 15 is 0 Å². The Morgan fingerprint density at radius 2 is 0.932 bits per heavy atom. The molecule has 2 aromatic heterocycles. The molecule has 2 atom stereocenters. The van der Waals surface area contributed by atoms with Crippen LogP contribution in [0.5, 0.6) is 11.5 Å². The van der Waals surface area contributed by atoms with Crippen LogP contribution in [0.1, 0.15) is 54.9 Å². The minimum atomic E-state index is -2.62. The second-order valence-corrected chi connectivity index (χ2v) is 14.7. The van der Waals surface area contributed by atoms with Crippen LogP contribution in [0.4, 0.5) is 11.4 Å². The number of carbonyl (C=O) groups excluding carboxylic acids is 2. The van der Waals surface area contributed by atoms with E-state index in [2.05, 4.69) is 0 Å². The third-order valence-electron chi connectivity index (χ3n) is 8.54. The van der Waals surface area contributed by atoms with Gasteiger partial charge in [0, 0.05) is 12.1 Å². The van der Waals surface area contributed by atoms with Crippen molar-refractivity contribution in [2.24, 2.45) is 0 Å². The van der Waals surface area contributed by atoms with Crippen LogP contribution in [0.3, 0.4) is 0 Å². The number of hydrogen-bond acceptors (Lipinski definition) is 11. The molecular formula is C42H36N2O13S2. The van der Waals surface area contributed by atoms with Crippen LogP contribution in [-0.2, 0) is 53.6 Å². The molecule has 0 bridgehead atoms. The summed E-state index contributed by atoms with van der Waals surface area (Å²) in [7, 11) is 0. The van der Waals surface area contributed by atoms with Gasteiger partial charge in [-0.3, -0.25) is 27.3 Å². The number of nitrogens with zero attached hydrogens (tertiary/aromatic N) is 2. The van der Waals surface area contributed by atoms with Crippen molar-refractivity contribution in [3.63, 3.8) is 0 Å².